The van der Waals surface area contributed by atoms with Crippen molar-refractivity contribution in [3.8, 4) is 0 Å². The Kier molecular flexibility index (Phi) is 7.69. The van der Waals surface area contributed by atoms with E-state index in [1.165, 1.54) is 22.9 Å². The lowest BCUT2D eigenvalue weighted by atomic mass is 9.90. The molecule has 0 radical (unpaired) electrons. The van der Waals surface area contributed by atoms with Gasteiger partial charge in [0.05, 0.1) is 19.1 Å². The molecule has 0 aromatic heterocycles. The van der Waals surface area contributed by atoms with Crippen molar-refractivity contribution in [2.24, 2.45) is 0 Å². The summed E-state index contributed by atoms with van der Waals surface area (Å²) in [5.41, 5.74) is 6.36. The normalized spacial score (nSPS) is 20.3. The van der Waals surface area contributed by atoms with Crippen molar-refractivity contribution in [2.45, 2.75) is 61.1 Å². The largest absolute Gasteiger partial charge is 0.392 e. The van der Waals surface area contributed by atoms with Crippen LogP contribution in [-0.4, -0.2) is 32.6 Å². The monoisotopic (exact) mass is 562 g/mol. The second-order valence-electron chi connectivity index (χ2n) is 11.1. The van der Waals surface area contributed by atoms with Gasteiger partial charge in [-0.2, -0.15) is 0 Å². The van der Waals surface area contributed by atoms with Gasteiger partial charge < -0.3 is 15.3 Å². The van der Waals surface area contributed by atoms with Crippen molar-refractivity contribution in [2.75, 3.05) is 0 Å². The molecule has 1 aliphatic carbocycles. The first-order chi connectivity index (χ1) is 20.0. The van der Waals surface area contributed by atoms with E-state index in [0.717, 1.165) is 40.0 Å². The fourth-order valence-electron chi connectivity index (χ4n) is 6.25. The summed E-state index contributed by atoms with van der Waals surface area (Å²) >= 11 is 1.49. The van der Waals surface area contributed by atoms with Gasteiger partial charge in [0.15, 0.2) is 0 Å². The summed E-state index contributed by atoms with van der Waals surface area (Å²) in [6.45, 7) is 2.36. The number of aliphatic hydroxyl groups excluding tert-OH is 1. The van der Waals surface area contributed by atoms with Gasteiger partial charge in [-0.05, 0) is 59.7 Å². The molecule has 2 aliphatic rings. The van der Waals surface area contributed by atoms with Crippen LogP contribution >= 0.6 is 11.8 Å². The summed E-state index contributed by atoms with van der Waals surface area (Å²) in [5, 5.41) is 12.9. The highest BCUT2D eigenvalue weighted by Gasteiger charge is 2.59. The molecule has 0 unspecified atom stereocenters. The van der Waals surface area contributed by atoms with Gasteiger partial charge in [0.2, 0.25) is 11.8 Å². The van der Waals surface area contributed by atoms with Gasteiger partial charge in [-0.15, -0.1) is 11.8 Å². The van der Waals surface area contributed by atoms with Crippen LogP contribution in [0.3, 0.4) is 0 Å². The first-order valence-electron chi connectivity index (χ1n) is 14.1. The average Bonchev–Trinajstić information content (AvgIpc) is 3.56. The quantitative estimate of drug-likeness (QED) is 0.286. The molecule has 2 atom stereocenters. The molecule has 6 heteroatoms. The number of carbonyl (C=O) groups excluding carboxylic acids is 2. The molecule has 1 aliphatic heterocycles. The Bertz CT molecular complexity index is 1510. The highest BCUT2D eigenvalue weighted by Crippen LogP contribution is 2.54. The molecular weight excluding hydrogens is 528 g/mol. The molecule has 208 valence electrons. The molecule has 41 heavy (non-hydrogen) atoms. The highest BCUT2D eigenvalue weighted by atomic mass is 32.2. The fourth-order valence-corrected chi connectivity index (χ4v) is 7.66. The predicted octanol–water partition coefficient (Wildman–Crippen LogP) is 5.78. The second kappa shape index (κ2) is 11.6. The molecular formula is C35H34N2O3S. The molecule has 0 bridgehead atoms. The minimum Gasteiger partial charge on any atom is -0.392 e. The predicted molar refractivity (Wildman–Crippen MR) is 162 cm³/mol. The maximum atomic E-state index is 14.5. The zero-order valence-corrected chi connectivity index (χ0v) is 23.9. The maximum Gasteiger partial charge on any atom is 0.239 e. The van der Waals surface area contributed by atoms with Gasteiger partial charge in [-0.3, -0.25) is 9.59 Å². The minimum atomic E-state index is -1.09. The fraction of sp³-hybridized carbons (Fsp3) is 0.257. The Morgan fingerprint density at radius 2 is 1.51 bits per heavy atom. The number of amides is 2. The summed E-state index contributed by atoms with van der Waals surface area (Å²) in [7, 11) is 0. The molecule has 0 saturated carbocycles. The van der Waals surface area contributed by atoms with Crippen LogP contribution in [0.4, 0.5) is 0 Å². The Balaban J connectivity index is 1.44. The lowest BCUT2D eigenvalue weighted by Crippen LogP contribution is -2.49. The number of fused-ring (bicyclic) bond motifs is 1. The first kappa shape index (κ1) is 27.3. The van der Waals surface area contributed by atoms with Crippen LogP contribution in [0.5, 0.6) is 0 Å². The van der Waals surface area contributed by atoms with Gasteiger partial charge in [0.25, 0.3) is 0 Å². The lowest BCUT2D eigenvalue weighted by Gasteiger charge is -2.39. The van der Waals surface area contributed by atoms with E-state index in [4.69, 9.17) is 0 Å². The third-order valence-corrected chi connectivity index (χ3v) is 9.75. The Morgan fingerprint density at radius 3 is 2.15 bits per heavy atom. The summed E-state index contributed by atoms with van der Waals surface area (Å²) in [6, 6.07) is 33.6. The van der Waals surface area contributed by atoms with Crippen LogP contribution in [0.1, 0.15) is 45.8 Å². The number of aliphatic hydroxyl groups is 1. The first-order valence-corrected chi connectivity index (χ1v) is 14.9. The van der Waals surface area contributed by atoms with Crippen molar-refractivity contribution in [1.29, 1.82) is 0 Å². The van der Waals surface area contributed by atoms with E-state index in [9.17, 15) is 14.7 Å². The average molecular weight is 563 g/mol. The van der Waals surface area contributed by atoms with E-state index < -0.39 is 10.8 Å². The molecule has 2 N–H and O–H groups in total. The summed E-state index contributed by atoms with van der Waals surface area (Å²) in [6.07, 6.45) is 1.64. The van der Waals surface area contributed by atoms with Crippen LogP contribution in [0.25, 0.3) is 0 Å². The SMILES string of the molecule is Cc1ccc(S[C@]2(C(=O)NCc3ccccc3)CC(=O)N(C3Cc4ccccc4C3)[C@@H]2c2ccc(CO)cc2)cc1. The van der Waals surface area contributed by atoms with Crippen LogP contribution < -0.4 is 5.32 Å². The number of aryl methyl sites for hydroxylation is 1. The second-order valence-corrected chi connectivity index (χ2v) is 12.5. The Labute approximate surface area is 245 Å². The van der Waals surface area contributed by atoms with Gasteiger partial charge >= 0.3 is 0 Å². The van der Waals surface area contributed by atoms with E-state index in [-0.39, 0.29) is 30.9 Å². The number of nitrogens with zero attached hydrogens (tertiary/aromatic N) is 1. The molecule has 5 nitrogen and oxygen atoms in total. The topological polar surface area (TPSA) is 69.6 Å². The number of likely N-dealkylation sites (tertiary alicyclic amines) is 1. The summed E-state index contributed by atoms with van der Waals surface area (Å²) < 4.78 is -1.09. The van der Waals surface area contributed by atoms with Crippen molar-refractivity contribution in [3.05, 3.63) is 137 Å². The number of hydrogen-bond donors (Lipinski definition) is 2. The molecule has 0 spiro atoms. The molecule has 6 rings (SSSR count). The van der Waals surface area contributed by atoms with Crippen LogP contribution in [-0.2, 0) is 35.6 Å². The van der Waals surface area contributed by atoms with Crippen molar-refractivity contribution in [1.82, 2.24) is 10.2 Å². The van der Waals surface area contributed by atoms with Crippen LogP contribution in [0, 0.1) is 6.92 Å². The van der Waals surface area contributed by atoms with E-state index >= 15 is 0 Å². The van der Waals surface area contributed by atoms with E-state index in [1.807, 2.05) is 103 Å². The zero-order valence-electron chi connectivity index (χ0n) is 23.1. The van der Waals surface area contributed by atoms with Crippen LogP contribution in [0.2, 0.25) is 0 Å². The van der Waals surface area contributed by atoms with E-state index in [1.54, 1.807) is 0 Å². The van der Waals surface area contributed by atoms with Crippen LogP contribution in [0.15, 0.2) is 108 Å². The minimum absolute atomic E-state index is 0.00601. The number of benzene rings is 4. The summed E-state index contributed by atoms with van der Waals surface area (Å²) in [4.78, 5) is 31.6. The number of carbonyl (C=O) groups is 2. The molecule has 1 saturated heterocycles. The molecule has 4 aromatic rings. The van der Waals surface area contributed by atoms with Gasteiger partial charge in [0.1, 0.15) is 4.75 Å². The molecule has 4 aromatic carbocycles. The molecule has 1 heterocycles. The van der Waals surface area contributed by atoms with E-state index in [0.29, 0.717) is 6.54 Å². The smallest absolute Gasteiger partial charge is 0.239 e. The Hall–Kier alpha value is -3.87. The van der Waals surface area contributed by atoms with Gasteiger partial charge in [-0.1, -0.05) is 96.6 Å². The van der Waals surface area contributed by atoms with Crippen molar-refractivity contribution < 1.29 is 14.7 Å². The summed E-state index contributed by atoms with van der Waals surface area (Å²) in [5.74, 6) is -0.150. The number of nitrogens with one attached hydrogen (secondary N) is 1. The highest BCUT2D eigenvalue weighted by molar-refractivity contribution is 8.01. The van der Waals surface area contributed by atoms with Gasteiger partial charge in [0, 0.05) is 17.5 Å². The Morgan fingerprint density at radius 1 is 0.878 bits per heavy atom. The third-order valence-electron chi connectivity index (χ3n) is 8.32. The van der Waals surface area contributed by atoms with Crippen molar-refractivity contribution >= 4 is 23.6 Å². The zero-order chi connectivity index (χ0) is 28.4. The lowest BCUT2D eigenvalue weighted by molar-refractivity contribution is -0.131. The number of thioether (sulfide) groups is 1. The molecule has 2 amide bonds. The standard InChI is InChI=1S/C35H34N2O3S/c1-24-11-17-31(18-12-24)41-35(34(40)36-22-25-7-3-2-4-8-25)21-32(39)37(30-19-28-9-5-6-10-29(28)20-30)33(35)27-15-13-26(23-38)14-16-27/h2-18,30,33,38H,19-23H2,1H3,(H,36,40)/t33-,35-/m1/s1. The van der Waals surface area contributed by atoms with E-state index in [2.05, 4.69) is 17.4 Å². The maximum absolute atomic E-state index is 14.5. The van der Waals surface area contributed by atoms with Crippen molar-refractivity contribution in [3.63, 3.8) is 0 Å². The molecule has 1 fully saturated rings. The third kappa shape index (κ3) is 5.42. The van der Waals surface area contributed by atoms with Gasteiger partial charge in [-0.25, -0.2) is 0 Å². The number of hydrogen-bond acceptors (Lipinski definition) is 4. The number of rotatable bonds is 8.